The van der Waals surface area contributed by atoms with E-state index in [1.165, 1.54) is 23.5 Å². The van der Waals surface area contributed by atoms with Gasteiger partial charge in [-0.3, -0.25) is 4.79 Å². The lowest BCUT2D eigenvalue weighted by Crippen LogP contribution is -2.43. The highest BCUT2D eigenvalue weighted by molar-refractivity contribution is 7.89. The maximum atomic E-state index is 13.6. The van der Waals surface area contributed by atoms with Crippen molar-refractivity contribution in [2.75, 3.05) is 33.5 Å². The fraction of sp³-hybridized carbons (Fsp3) is 0.375. The number of rotatable bonds is 7. The number of hydrogen-bond acceptors (Lipinski definition) is 6. The molecule has 8 nitrogen and oxygen atoms in total. The fourth-order valence-electron chi connectivity index (χ4n) is 4.04. The number of benzene rings is 2. The van der Waals surface area contributed by atoms with Crippen molar-refractivity contribution in [3.63, 3.8) is 0 Å². The third kappa shape index (κ3) is 5.11. The van der Waals surface area contributed by atoms with Crippen LogP contribution in [0.1, 0.15) is 16.7 Å². The Morgan fingerprint density at radius 3 is 2.55 bits per heavy atom. The van der Waals surface area contributed by atoms with Crippen LogP contribution in [0, 0.1) is 13.8 Å². The minimum absolute atomic E-state index is 0.0682. The first-order chi connectivity index (χ1) is 15.8. The van der Waals surface area contributed by atoms with Gasteiger partial charge in [0.2, 0.25) is 10.0 Å². The number of fused-ring (bicyclic) bond motifs is 1. The SMILES string of the molecule is COc1ccc(S(=O)(=O)N(Cc2cc3c(C)cc(C)cc3[nH]c2=O)C[C@H]2COCCO2)cc1. The Kier molecular flexibility index (Phi) is 6.85. The summed E-state index contributed by atoms with van der Waals surface area (Å²) in [7, 11) is -2.40. The lowest BCUT2D eigenvalue weighted by atomic mass is 10.0. The third-order valence-corrected chi connectivity index (χ3v) is 7.55. The van der Waals surface area contributed by atoms with Gasteiger partial charge < -0.3 is 19.2 Å². The van der Waals surface area contributed by atoms with Gasteiger partial charge in [-0.1, -0.05) is 6.07 Å². The van der Waals surface area contributed by atoms with Crippen molar-refractivity contribution >= 4 is 20.9 Å². The van der Waals surface area contributed by atoms with Crippen molar-refractivity contribution < 1.29 is 22.6 Å². The molecule has 1 aliphatic rings. The highest BCUT2D eigenvalue weighted by Crippen LogP contribution is 2.24. The predicted octanol–water partition coefficient (Wildman–Crippen LogP) is 2.76. The smallest absolute Gasteiger partial charge is 0.252 e. The van der Waals surface area contributed by atoms with Crippen molar-refractivity contribution in [2.45, 2.75) is 31.4 Å². The molecule has 2 aromatic carbocycles. The standard InChI is InChI=1S/C24H28N2O6S/c1-16-10-17(2)22-12-18(24(27)25-23(22)11-16)13-26(14-20-15-31-8-9-32-20)33(28,29)21-6-4-19(30-3)5-7-21/h4-7,10-12,20H,8-9,13-15H2,1-3H3,(H,25,27)/t20-/m0/s1. The molecule has 0 amide bonds. The highest BCUT2D eigenvalue weighted by atomic mass is 32.2. The molecule has 0 unspecified atom stereocenters. The molecule has 0 bridgehead atoms. The Hall–Kier alpha value is -2.72. The van der Waals surface area contributed by atoms with Gasteiger partial charge in [0.25, 0.3) is 5.56 Å². The molecule has 0 radical (unpaired) electrons. The van der Waals surface area contributed by atoms with E-state index in [9.17, 15) is 13.2 Å². The van der Waals surface area contributed by atoms with Crippen LogP contribution in [0.15, 0.2) is 52.2 Å². The van der Waals surface area contributed by atoms with Gasteiger partial charge in [0, 0.05) is 29.6 Å². The lowest BCUT2D eigenvalue weighted by Gasteiger charge is -2.29. The van der Waals surface area contributed by atoms with Crippen LogP contribution in [0.3, 0.4) is 0 Å². The van der Waals surface area contributed by atoms with E-state index in [-0.39, 0.29) is 23.5 Å². The predicted molar refractivity (Wildman–Crippen MR) is 125 cm³/mol. The first-order valence-electron chi connectivity index (χ1n) is 10.7. The largest absolute Gasteiger partial charge is 0.497 e. The Bertz CT molecular complexity index is 1300. The maximum Gasteiger partial charge on any atom is 0.252 e. The number of aryl methyl sites for hydroxylation is 2. The van der Waals surface area contributed by atoms with Gasteiger partial charge in [-0.25, -0.2) is 8.42 Å². The van der Waals surface area contributed by atoms with Gasteiger partial charge >= 0.3 is 0 Å². The highest BCUT2D eigenvalue weighted by Gasteiger charge is 2.30. The van der Waals surface area contributed by atoms with Crippen LogP contribution in [0.5, 0.6) is 5.75 Å². The van der Waals surface area contributed by atoms with Crippen molar-refractivity contribution in [2.24, 2.45) is 0 Å². The Morgan fingerprint density at radius 1 is 1.12 bits per heavy atom. The molecular weight excluding hydrogens is 444 g/mol. The van der Waals surface area contributed by atoms with E-state index in [1.807, 2.05) is 26.0 Å². The molecule has 1 saturated heterocycles. The average Bonchev–Trinajstić information content (AvgIpc) is 2.80. The number of nitrogens with one attached hydrogen (secondary N) is 1. The molecule has 0 aliphatic carbocycles. The number of hydrogen-bond donors (Lipinski definition) is 1. The van der Waals surface area contributed by atoms with E-state index in [4.69, 9.17) is 14.2 Å². The van der Waals surface area contributed by atoms with Crippen molar-refractivity contribution in [3.05, 3.63) is 69.5 Å². The minimum atomic E-state index is -3.92. The molecule has 1 aliphatic heterocycles. The van der Waals surface area contributed by atoms with E-state index < -0.39 is 16.1 Å². The summed E-state index contributed by atoms with van der Waals surface area (Å²) in [5.41, 5.74) is 2.83. The molecule has 1 fully saturated rings. The van der Waals surface area contributed by atoms with Crippen LogP contribution >= 0.6 is 0 Å². The Morgan fingerprint density at radius 2 is 1.88 bits per heavy atom. The van der Waals surface area contributed by atoms with Crippen LogP contribution < -0.4 is 10.3 Å². The zero-order chi connectivity index (χ0) is 23.6. The van der Waals surface area contributed by atoms with E-state index in [0.717, 1.165) is 22.0 Å². The summed E-state index contributed by atoms with van der Waals surface area (Å²) in [6.45, 7) is 5.08. The number of H-pyrrole nitrogens is 1. The maximum absolute atomic E-state index is 13.6. The molecule has 0 saturated carbocycles. The van der Waals surface area contributed by atoms with E-state index in [1.54, 1.807) is 18.2 Å². The molecule has 33 heavy (non-hydrogen) atoms. The monoisotopic (exact) mass is 472 g/mol. The molecule has 1 aromatic heterocycles. The summed E-state index contributed by atoms with van der Waals surface area (Å²) in [5.74, 6) is 0.557. The van der Waals surface area contributed by atoms with Gasteiger partial charge in [-0.05, 0) is 61.4 Å². The van der Waals surface area contributed by atoms with E-state index in [2.05, 4.69) is 4.98 Å². The van der Waals surface area contributed by atoms with Crippen LogP contribution in [-0.4, -0.2) is 57.3 Å². The zero-order valence-electron chi connectivity index (χ0n) is 19.0. The molecule has 176 valence electrons. The molecule has 1 atom stereocenters. The number of aromatic amines is 1. The molecule has 9 heteroatoms. The minimum Gasteiger partial charge on any atom is -0.497 e. The number of sulfonamides is 1. The molecule has 2 heterocycles. The number of nitrogens with zero attached hydrogens (tertiary/aromatic N) is 1. The molecule has 1 N–H and O–H groups in total. The topological polar surface area (TPSA) is 97.9 Å². The lowest BCUT2D eigenvalue weighted by molar-refractivity contribution is -0.0923. The first kappa shape index (κ1) is 23.4. The molecule has 3 aromatic rings. The van der Waals surface area contributed by atoms with Crippen LogP contribution in [0.2, 0.25) is 0 Å². The van der Waals surface area contributed by atoms with Crippen LogP contribution in [-0.2, 0) is 26.0 Å². The number of ether oxygens (including phenoxy) is 3. The van der Waals surface area contributed by atoms with E-state index in [0.29, 0.717) is 31.1 Å². The van der Waals surface area contributed by atoms with Gasteiger partial charge in [0.1, 0.15) is 5.75 Å². The van der Waals surface area contributed by atoms with Crippen molar-refractivity contribution in [1.82, 2.24) is 9.29 Å². The Labute approximate surface area is 193 Å². The van der Waals surface area contributed by atoms with Crippen LogP contribution in [0.25, 0.3) is 10.9 Å². The van der Waals surface area contributed by atoms with Crippen molar-refractivity contribution in [1.29, 1.82) is 0 Å². The number of aromatic nitrogens is 1. The second kappa shape index (κ2) is 9.64. The van der Waals surface area contributed by atoms with E-state index >= 15 is 0 Å². The quantitative estimate of drug-likeness (QED) is 0.568. The summed E-state index contributed by atoms with van der Waals surface area (Å²) in [6.07, 6.45) is -0.421. The summed E-state index contributed by atoms with van der Waals surface area (Å²) < 4.78 is 44.7. The van der Waals surface area contributed by atoms with Gasteiger partial charge in [-0.2, -0.15) is 4.31 Å². The van der Waals surface area contributed by atoms with Crippen LogP contribution in [0.4, 0.5) is 0 Å². The second-order valence-electron chi connectivity index (χ2n) is 8.21. The average molecular weight is 473 g/mol. The summed E-state index contributed by atoms with van der Waals surface area (Å²) in [6, 6.07) is 11.9. The summed E-state index contributed by atoms with van der Waals surface area (Å²) in [4.78, 5) is 15.9. The summed E-state index contributed by atoms with van der Waals surface area (Å²) >= 11 is 0. The van der Waals surface area contributed by atoms with Crippen molar-refractivity contribution in [3.8, 4) is 5.75 Å². The Balaban J connectivity index is 1.73. The normalized spacial score (nSPS) is 16.9. The fourth-order valence-corrected chi connectivity index (χ4v) is 5.49. The molecule has 4 rings (SSSR count). The molecular formula is C24H28N2O6S. The van der Waals surface area contributed by atoms with Gasteiger partial charge in [0.15, 0.2) is 0 Å². The summed E-state index contributed by atoms with van der Waals surface area (Å²) in [5, 5.41) is 0.884. The third-order valence-electron chi connectivity index (χ3n) is 5.73. The second-order valence-corrected chi connectivity index (χ2v) is 10.1. The van der Waals surface area contributed by atoms with Gasteiger partial charge in [-0.15, -0.1) is 0 Å². The number of pyridine rings is 1. The zero-order valence-corrected chi connectivity index (χ0v) is 19.8. The van der Waals surface area contributed by atoms with Gasteiger partial charge in [0.05, 0.1) is 37.9 Å². The first-order valence-corrected chi connectivity index (χ1v) is 12.2. The number of methoxy groups -OCH3 is 1. The molecule has 0 spiro atoms.